The number of carbonyl (C=O) groups is 2. The Morgan fingerprint density at radius 3 is 2.22 bits per heavy atom. The zero-order chi connectivity index (χ0) is 20.1. The fraction of sp³-hybridized carbons (Fsp3) is 0.238. The first-order valence-corrected chi connectivity index (χ1v) is 8.73. The van der Waals surface area contributed by atoms with Crippen LogP contribution in [0.3, 0.4) is 0 Å². The van der Waals surface area contributed by atoms with Crippen molar-refractivity contribution >= 4 is 34.3 Å². The number of hydrogen-bond donors (Lipinski definition) is 2. The molecule has 3 aromatic rings. The molecule has 0 atom stereocenters. The first kappa shape index (κ1) is 19.0. The fourth-order valence-corrected chi connectivity index (χ4v) is 3.23. The second-order valence-electron chi connectivity index (χ2n) is 7.47. The van der Waals surface area contributed by atoms with Crippen LogP contribution >= 0.6 is 11.6 Å². The van der Waals surface area contributed by atoms with Crippen molar-refractivity contribution in [3.63, 3.8) is 0 Å². The average Bonchev–Trinajstić information content (AvgIpc) is 2.92. The van der Waals surface area contributed by atoms with Gasteiger partial charge in [-0.1, -0.05) is 32.4 Å². The quantitative estimate of drug-likeness (QED) is 0.594. The number of carbonyl (C=O) groups excluding carboxylic acids is 1. The van der Waals surface area contributed by atoms with Crippen molar-refractivity contribution in [1.29, 1.82) is 0 Å². The third-order valence-corrected chi connectivity index (χ3v) is 4.78. The normalized spacial score (nSPS) is 11.7. The molecule has 0 aliphatic heterocycles. The fourth-order valence-electron chi connectivity index (χ4n) is 3.10. The highest BCUT2D eigenvalue weighted by atomic mass is 35.5. The maximum Gasteiger partial charge on any atom is 0.372 e. The van der Waals surface area contributed by atoms with E-state index in [4.69, 9.17) is 16.0 Å². The van der Waals surface area contributed by atoms with Crippen LogP contribution in [0.1, 0.15) is 58.4 Å². The largest absolute Gasteiger partial charge is 0.507 e. The van der Waals surface area contributed by atoms with E-state index in [-0.39, 0.29) is 39.4 Å². The summed E-state index contributed by atoms with van der Waals surface area (Å²) in [6.07, 6.45) is 0. The van der Waals surface area contributed by atoms with Gasteiger partial charge in [0.05, 0.1) is 10.9 Å². The van der Waals surface area contributed by atoms with Gasteiger partial charge in [0.15, 0.2) is 5.78 Å². The number of carboxylic acids is 1. The molecule has 1 heterocycles. The molecular formula is C21H19ClO5. The van der Waals surface area contributed by atoms with E-state index in [1.54, 1.807) is 37.3 Å². The van der Waals surface area contributed by atoms with Crippen LogP contribution in [0.2, 0.25) is 5.02 Å². The van der Waals surface area contributed by atoms with Crippen LogP contribution in [0.4, 0.5) is 0 Å². The standard InChI is InChI=1S/C21H19ClO5/c1-10-15-17(24)14(21(2,3)4)9-13(19(15)27-18(10)20(25)26)16(23)11-5-7-12(22)8-6-11/h5-9,24H,1-4H3,(H,25,26). The molecule has 0 bridgehead atoms. The lowest BCUT2D eigenvalue weighted by atomic mass is 9.83. The number of aromatic carboxylic acids is 1. The van der Waals surface area contributed by atoms with Crippen molar-refractivity contribution < 1.29 is 24.2 Å². The van der Waals surface area contributed by atoms with Gasteiger partial charge in [0, 0.05) is 21.7 Å². The van der Waals surface area contributed by atoms with E-state index in [1.807, 2.05) is 20.8 Å². The van der Waals surface area contributed by atoms with Crippen LogP contribution < -0.4 is 0 Å². The SMILES string of the molecule is Cc1c(C(=O)O)oc2c(C(=O)c3ccc(Cl)cc3)cc(C(C)(C)C)c(O)c12. The number of aryl methyl sites for hydroxylation is 1. The molecule has 0 aliphatic rings. The summed E-state index contributed by atoms with van der Waals surface area (Å²) in [5, 5.41) is 20.9. The lowest BCUT2D eigenvalue weighted by Gasteiger charge is -2.22. The highest BCUT2D eigenvalue weighted by Crippen LogP contribution is 2.42. The maximum absolute atomic E-state index is 13.1. The Balaban J connectivity index is 2.38. The predicted octanol–water partition coefficient (Wildman–Crippen LogP) is 5.33. The second-order valence-corrected chi connectivity index (χ2v) is 7.91. The lowest BCUT2D eigenvalue weighted by molar-refractivity contribution is 0.0663. The number of rotatable bonds is 3. The van der Waals surface area contributed by atoms with Crippen molar-refractivity contribution in [1.82, 2.24) is 0 Å². The van der Waals surface area contributed by atoms with Gasteiger partial charge in [0.2, 0.25) is 5.76 Å². The summed E-state index contributed by atoms with van der Waals surface area (Å²) >= 11 is 5.89. The van der Waals surface area contributed by atoms with Gasteiger partial charge < -0.3 is 14.6 Å². The number of phenols is 1. The van der Waals surface area contributed by atoms with Gasteiger partial charge in [0.1, 0.15) is 11.3 Å². The molecule has 0 unspecified atom stereocenters. The molecule has 0 saturated heterocycles. The Hall–Kier alpha value is -2.79. The Labute approximate surface area is 161 Å². The number of hydrogen-bond acceptors (Lipinski definition) is 4. The molecule has 2 aromatic carbocycles. The van der Waals surface area contributed by atoms with Gasteiger partial charge in [-0.25, -0.2) is 4.79 Å². The van der Waals surface area contributed by atoms with E-state index in [0.717, 1.165) is 0 Å². The predicted molar refractivity (Wildman–Crippen MR) is 103 cm³/mol. The molecule has 3 rings (SSSR count). The molecule has 0 aliphatic carbocycles. The van der Waals surface area contributed by atoms with Crippen LogP contribution in [-0.4, -0.2) is 22.0 Å². The molecule has 0 fully saturated rings. The number of fused-ring (bicyclic) bond motifs is 1. The Kier molecular flexibility index (Phi) is 4.52. The van der Waals surface area contributed by atoms with Crippen molar-refractivity contribution in [2.75, 3.05) is 0 Å². The first-order valence-electron chi connectivity index (χ1n) is 8.35. The van der Waals surface area contributed by atoms with Crippen LogP contribution in [0.25, 0.3) is 11.0 Å². The number of aromatic hydroxyl groups is 1. The summed E-state index contributed by atoms with van der Waals surface area (Å²) in [6.45, 7) is 7.26. The minimum atomic E-state index is -1.26. The summed E-state index contributed by atoms with van der Waals surface area (Å²) in [7, 11) is 0. The Bertz CT molecular complexity index is 1070. The molecule has 5 nitrogen and oxygen atoms in total. The summed E-state index contributed by atoms with van der Waals surface area (Å²) in [6, 6.07) is 7.96. The number of furan rings is 1. The number of benzene rings is 2. The maximum atomic E-state index is 13.1. The minimum absolute atomic E-state index is 0.0651. The summed E-state index contributed by atoms with van der Waals surface area (Å²) in [5.74, 6) is -1.96. The lowest BCUT2D eigenvalue weighted by Crippen LogP contribution is -2.13. The number of carboxylic acid groups (broad SMARTS) is 1. The molecule has 0 spiro atoms. The van der Waals surface area contributed by atoms with E-state index in [9.17, 15) is 19.8 Å². The smallest absolute Gasteiger partial charge is 0.372 e. The summed E-state index contributed by atoms with van der Waals surface area (Å²) in [4.78, 5) is 24.6. The van der Waals surface area contributed by atoms with E-state index < -0.39 is 11.4 Å². The van der Waals surface area contributed by atoms with E-state index in [1.165, 1.54) is 0 Å². The first-order chi connectivity index (χ1) is 12.5. The van der Waals surface area contributed by atoms with Gasteiger partial charge in [0.25, 0.3) is 0 Å². The Morgan fingerprint density at radius 2 is 1.70 bits per heavy atom. The molecule has 1 aromatic heterocycles. The van der Waals surface area contributed by atoms with Crippen molar-refractivity contribution in [3.05, 3.63) is 63.4 Å². The summed E-state index contributed by atoms with van der Waals surface area (Å²) < 4.78 is 5.50. The average molecular weight is 387 g/mol. The molecular weight excluding hydrogens is 368 g/mol. The number of phenolic OH excluding ortho intramolecular Hbond substituents is 1. The van der Waals surface area contributed by atoms with E-state index >= 15 is 0 Å². The van der Waals surface area contributed by atoms with Gasteiger partial charge in [-0.15, -0.1) is 0 Å². The molecule has 27 heavy (non-hydrogen) atoms. The zero-order valence-corrected chi connectivity index (χ0v) is 16.1. The van der Waals surface area contributed by atoms with Crippen LogP contribution in [0, 0.1) is 6.92 Å². The van der Waals surface area contributed by atoms with Gasteiger partial charge in [-0.05, 0) is 42.7 Å². The highest BCUT2D eigenvalue weighted by molar-refractivity contribution is 6.30. The van der Waals surface area contributed by atoms with Crippen LogP contribution in [0.5, 0.6) is 5.75 Å². The van der Waals surface area contributed by atoms with E-state index in [0.29, 0.717) is 16.1 Å². The summed E-state index contributed by atoms with van der Waals surface area (Å²) in [5.41, 5.74) is 0.998. The number of halogens is 1. The minimum Gasteiger partial charge on any atom is -0.507 e. The molecule has 0 amide bonds. The topological polar surface area (TPSA) is 87.7 Å². The third-order valence-electron chi connectivity index (χ3n) is 4.53. The van der Waals surface area contributed by atoms with Crippen molar-refractivity contribution in [2.45, 2.75) is 33.1 Å². The Morgan fingerprint density at radius 1 is 1.11 bits per heavy atom. The number of ketones is 1. The molecule has 6 heteroatoms. The third kappa shape index (κ3) is 3.19. The van der Waals surface area contributed by atoms with Gasteiger partial charge >= 0.3 is 5.97 Å². The molecule has 140 valence electrons. The van der Waals surface area contributed by atoms with Crippen molar-refractivity contribution in [3.8, 4) is 5.75 Å². The van der Waals surface area contributed by atoms with E-state index in [2.05, 4.69) is 0 Å². The molecule has 2 N–H and O–H groups in total. The van der Waals surface area contributed by atoms with Crippen molar-refractivity contribution in [2.24, 2.45) is 0 Å². The monoisotopic (exact) mass is 386 g/mol. The molecule has 0 saturated carbocycles. The zero-order valence-electron chi connectivity index (χ0n) is 15.4. The molecule has 0 radical (unpaired) electrons. The van der Waals surface area contributed by atoms with Crippen LogP contribution in [0.15, 0.2) is 34.7 Å². The van der Waals surface area contributed by atoms with Gasteiger partial charge in [-0.2, -0.15) is 0 Å². The highest BCUT2D eigenvalue weighted by Gasteiger charge is 2.30. The van der Waals surface area contributed by atoms with Crippen LogP contribution in [-0.2, 0) is 5.41 Å². The second kappa shape index (κ2) is 6.43. The van der Waals surface area contributed by atoms with Gasteiger partial charge in [-0.3, -0.25) is 4.79 Å².